The second-order valence-electron chi connectivity index (χ2n) is 6.68. The number of hydrogen-bond acceptors (Lipinski definition) is 3. The standard InChI is InChI=1S/C22H27FN2O2S/c1-4-13-24-22(27)17(3)25(14-18-7-5-6-8-20(18)23)21(26)15-28-19-11-9-16(2)10-12-19/h5-12,17H,4,13-15H2,1-3H3,(H,24,27)/t17-/m0/s1. The summed E-state index contributed by atoms with van der Waals surface area (Å²) in [5.41, 5.74) is 1.55. The summed E-state index contributed by atoms with van der Waals surface area (Å²) in [5, 5.41) is 2.81. The van der Waals surface area contributed by atoms with Crippen molar-refractivity contribution in [2.75, 3.05) is 12.3 Å². The lowest BCUT2D eigenvalue weighted by Crippen LogP contribution is -2.48. The van der Waals surface area contributed by atoms with Gasteiger partial charge < -0.3 is 10.2 Å². The largest absolute Gasteiger partial charge is 0.354 e. The van der Waals surface area contributed by atoms with Crippen LogP contribution in [0.4, 0.5) is 4.39 Å². The summed E-state index contributed by atoms with van der Waals surface area (Å²) in [4.78, 5) is 27.8. The predicted octanol–water partition coefficient (Wildman–Crippen LogP) is 4.17. The Bertz CT molecular complexity index is 795. The highest BCUT2D eigenvalue weighted by molar-refractivity contribution is 8.00. The number of carbonyl (C=O) groups excluding carboxylic acids is 2. The average Bonchev–Trinajstić information content (AvgIpc) is 2.70. The van der Waals surface area contributed by atoms with E-state index < -0.39 is 6.04 Å². The van der Waals surface area contributed by atoms with Crippen LogP contribution in [0.5, 0.6) is 0 Å². The minimum Gasteiger partial charge on any atom is -0.354 e. The molecule has 0 radical (unpaired) electrons. The van der Waals surface area contributed by atoms with Gasteiger partial charge >= 0.3 is 0 Å². The number of amides is 2. The fraction of sp³-hybridized carbons (Fsp3) is 0.364. The molecule has 0 aliphatic heterocycles. The van der Waals surface area contributed by atoms with E-state index in [0.717, 1.165) is 16.9 Å². The van der Waals surface area contributed by atoms with E-state index in [0.29, 0.717) is 12.1 Å². The molecular weight excluding hydrogens is 375 g/mol. The molecule has 28 heavy (non-hydrogen) atoms. The Hall–Kier alpha value is -2.34. The van der Waals surface area contributed by atoms with Crippen LogP contribution in [0.1, 0.15) is 31.4 Å². The monoisotopic (exact) mass is 402 g/mol. The Morgan fingerprint density at radius 1 is 1.14 bits per heavy atom. The number of carbonyl (C=O) groups is 2. The van der Waals surface area contributed by atoms with Crippen molar-refractivity contribution < 1.29 is 14.0 Å². The van der Waals surface area contributed by atoms with Crippen molar-refractivity contribution in [1.82, 2.24) is 10.2 Å². The molecule has 0 fully saturated rings. The van der Waals surface area contributed by atoms with Crippen molar-refractivity contribution in [3.8, 4) is 0 Å². The first-order valence-electron chi connectivity index (χ1n) is 9.42. The highest BCUT2D eigenvalue weighted by Gasteiger charge is 2.26. The fourth-order valence-corrected chi connectivity index (χ4v) is 3.44. The molecule has 6 heteroatoms. The number of benzene rings is 2. The Labute approximate surface area is 170 Å². The molecule has 1 atom stereocenters. The molecule has 1 N–H and O–H groups in total. The van der Waals surface area contributed by atoms with Gasteiger partial charge in [-0.1, -0.05) is 42.8 Å². The van der Waals surface area contributed by atoms with Crippen molar-refractivity contribution in [3.05, 3.63) is 65.5 Å². The zero-order valence-corrected chi connectivity index (χ0v) is 17.4. The van der Waals surface area contributed by atoms with Crippen molar-refractivity contribution in [2.45, 2.75) is 44.7 Å². The van der Waals surface area contributed by atoms with Crippen molar-refractivity contribution in [2.24, 2.45) is 0 Å². The van der Waals surface area contributed by atoms with Gasteiger partial charge in [0.2, 0.25) is 11.8 Å². The smallest absolute Gasteiger partial charge is 0.242 e. The van der Waals surface area contributed by atoms with E-state index in [2.05, 4.69) is 5.32 Å². The molecular formula is C22H27FN2O2S. The van der Waals surface area contributed by atoms with Gasteiger partial charge in [-0.3, -0.25) is 9.59 Å². The molecule has 0 aliphatic rings. The van der Waals surface area contributed by atoms with Crippen molar-refractivity contribution >= 4 is 23.6 Å². The Morgan fingerprint density at radius 2 is 1.82 bits per heavy atom. The lowest BCUT2D eigenvalue weighted by Gasteiger charge is -2.29. The number of nitrogens with zero attached hydrogens (tertiary/aromatic N) is 1. The maximum absolute atomic E-state index is 14.1. The SMILES string of the molecule is CCCNC(=O)[C@H](C)N(Cc1ccccc1F)C(=O)CSc1ccc(C)cc1. The quantitative estimate of drug-likeness (QED) is 0.641. The van der Waals surface area contributed by atoms with Crippen LogP contribution < -0.4 is 5.32 Å². The second kappa shape index (κ2) is 10.9. The highest BCUT2D eigenvalue weighted by atomic mass is 32.2. The van der Waals surface area contributed by atoms with Crippen LogP contribution in [-0.2, 0) is 16.1 Å². The third kappa shape index (κ3) is 6.37. The van der Waals surface area contributed by atoms with Crippen LogP contribution in [0.25, 0.3) is 0 Å². The minimum atomic E-state index is -0.683. The Morgan fingerprint density at radius 3 is 2.46 bits per heavy atom. The van der Waals surface area contributed by atoms with Crippen LogP contribution in [0.15, 0.2) is 53.4 Å². The first kappa shape index (κ1) is 22.0. The lowest BCUT2D eigenvalue weighted by atomic mass is 10.1. The summed E-state index contributed by atoms with van der Waals surface area (Å²) in [6.45, 7) is 6.25. The molecule has 4 nitrogen and oxygen atoms in total. The molecule has 0 unspecified atom stereocenters. The van der Waals surface area contributed by atoms with E-state index in [1.807, 2.05) is 38.1 Å². The summed E-state index contributed by atoms with van der Waals surface area (Å²) >= 11 is 1.41. The predicted molar refractivity (Wildman–Crippen MR) is 112 cm³/mol. The van der Waals surface area contributed by atoms with Gasteiger partial charge in [-0.25, -0.2) is 4.39 Å². The van der Waals surface area contributed by atoms with Gasteiger partial charge in [-0.15, -0.1) is 11.8 Å². The topological polar surface area (TPSA) is 49.4 Å². The molecule has 0 spiro atoms. The molecule has 2 aromatic rings. The van der Waals surface area contributed by atoms with Gasteiger partial charge in [0.1, 0.15) is 11.9 Å². The summed E-state index contributed by atoms with van der Waals surface area (Å²) in [5.74, 6) is -0.629. The Kier molecular flexibility index (Phi) is 8.51. The molecule has 0 saturated carbocycles. The maximum Gasteiger partial charge on any atom is 0.242 e. The molecule has 2 aromatic carbocycles. The number of rotatable bonds is 9. The fourth-order valence-electron chi connectivity index (χ4n) is 2.65. The van der Waals surface area contributed by atoms with Crippen molar-refractivity contribution in [1.29, 1.82) is 0 Å². The first-order valence-corrected chi connectivity index (χ1v) is 10.4. The molecule has 150 valence electrons. The molecule has 0 aliphatic carbocycles. The maximum atomic E-state index is 14.1. The van der Waals surface area contributed by atoms with E-state index in [1.54, 1.807) is 25.1 Å². The van der Waals surface area contributed by atoms with Gasteiger partial charge in [-0.2, -0.15) is 0 Å². The van der Waals surface area contributed by atoms with E-state index >= 15 is 0 Å². The second-order valence-corrected chi connectivity index (χ2v) is 7.73. The molecule has 0 aromatic heterocycles. The molecule has 2 amide bonds. The zero-order valence-electron chi connectivity index (χ0n) is 16.6. The molecule has 0 bridgehead atoms. The van der Waals surface area contributed by atoms with E-state index in [9.17, 15) is 14.0 Å². The summed E-state index contributed by atoms with van der Waals surface area (Å²) in [6.07, 6.45) is 0.809. The van der Waals surface area contributed by atoms with Gasteiger partial charge in [0.05, 0.1) is 5.75 Å². The van der Waals surface area contributed by atoms with Crippen LogP contribution in [-0.4, -0.2) is 35.1 Å². The van der Waals surface area contributed by atoms with Crippen LogP contribution >= 0.6 is 11.8 Å². The number of aryl methyl sites for hydroxylation is 1. The lowest BCUT2D eigenvalue weighted by molar-refractivity contribution is -0.138. The van der Waals surface area contributed by atoms with Crippen molar-refractivity contribution in [3.63, 3.8) is 0 Å². The Balaban J connectivity index is 2.13. The van der Waals surface area contributed by atoms with E-state index in [4.69, 9.17) is 0 Å². The van der Waals surface area contributed by atoms with Crippen LogP contribution in [0.3, 0.4) is 0 Å². The third-order valence-electron chi connectivity index (χ3n) is 4.40. The zero-order chi connectivity index (χ0) is 20.5. The summed E-state index contributed by atoms with van der Waals surface area (Å²) in [6, 6.07) is 13.6. The average molecular weight is 403 g/mol. The number of thioether (sulfide) groups is 1. The molecule has 2 rings (SSSR count). The van der Waals surface area contributed by atoms with Crippen LogP contribution in [0, 0.1) is 12.7 Å². The summed E-state index contributed by atoms with van der Waals surface area (Å²) in [7, 11) is 0. The van der Waals surface area contributed by atoms with Gasteiger partial charge in [0.25, 0.3) is 0 Å². The number of halogens is 1. The van der Waals surface area contributed by atoms with Gasteiger partial charge in [0.15, 0.2) is 0 Å². The number of nitrogens with one attached hydrogen (secondary N) is 1. The third-order valence-corrected chi connectivity index (χ3v) is 5.40. The van der Waals surface area contributed by atoms with Gasteiger partial charge in [-0.05, 0) is 38.5 Å². The molecule has 0 saturated heterocycles. The van der Waals surface area contributed by atoms with Gasteiger partial charge in [0, 0.05) is 23.5 Å². The van der Waals surface area contributed by atoms with Crippen LogP contribution in [0.2, 0.25) is 0 Å². The van der Waals surface area contributed by atoms with E-state index in [-0.39, 0.29) is 29.9 Å². The van der Waals surface area contributed by atoms with E-state index in [1.165, 1.54) is 22.7 Å². The molecule has 0 heterocycles. The first-order chi connectivity index (χ1) is 13.4. The minimum absolute atomic E-state index is 0.0562. The number of hydrogen-bond donors (Lipinski definition) is 1. The normalized spacial score (nSPS) is 11.7. The highest BCUT2D eigenvalue weighted by Crippen LogP contribution is 2.20. The summed E-state index contributed by atoms with van der Waals surface area (Å²) < 4.78 is 14.1.